The van der Waals surface area contributed by atoms with E-state index in [0.29, 0.717) is 17.6 Å². The fourth-order valence-corrected chi connectivity index (χ4v) is 3.59. The minimum atomic E-state index is 0.558. The molecule has 1 aliphatic rings. The van der Waals surface area contributed by atoms with Gasteiger partial charge in [-0.05, 0) is 50.3 Å². The van der Waals surface area contributed by atoms with Crippen molar-refractivity contribution in [3.63, 3.8) is 0 Å². The Kier molecular flexibility index (Phi) is 6.06. The van der Waals surface area contributed by atoms with Gasteiger partial charge in [0.2, 0.25) is 5.95 Å². The zero-order valence-corrected chi connectivity index (χ0v) is 15.7. The first-order chi connectivity index (χ1) is 12.7. The van der Waals surface area contributed by atoms with Crippen LogP contribution < -0.4 is 10.2 Å². The van der Waals surface area contributed by atoms with Crippen LogP contribution in [0, 0.1) is 11.3 Å². The third kappa shape index (κ3) is 4.32. The van der Waals surface area contributed by atoms with Gasteiger partial charge in [0.05, 0.1) is 11.6 Å². The van der Waals surface area contributed by atoms with E-state index in [4.69, 9.17) is 10.2 Å². The molecule has 1 atom stereocenters. The first-order valence-corrected chi connectivity index (χ1v) is 9.65. The molecule has 1 aromatic heterocycles. The maximum atomic E-state index is 9.10. The molecule has 0 bridgehead atoms. The Morgan fingerprint density at radius 3 is 2.88 bits per heavy atom. The summed E-state index contributed by atoms with van der Waals surface area (Å²) in [6.45, 7) is 5.48. The molecule has 0 saturated carbocycles. The third-order valence-electron chi connectivity index (χ3n) is 4.91. The number of rotatable bonds is 6. The van der Waals surface area contributed by atoms with Gasteiger partial charge in [0.15, 0.2) is 0 Å². The second-order valence-electron chi connectivity index (χ2n) is 6.86. The second-order valence-corrected chi connectivity index (χ2v) is 6.86. The largest absolute Gasteiger partial charge is 0.353 e. The van der Waals surface area contributed by atoms with E-state index >= 15 is 0 Å². The number of benzene rings is 1. The molecule has 26 heavy (non-hydrogen) atoms. The number of hydrogen-bond acceptors (Lipinski definition) is 5. The van der Waals surface area contributed by atoms with E-state index in [1.807, 2.05) is 18.2 Å². The van der Waals surface area contributed by atoms with Crippen molar-refractivity contribution in [1.29, 1.82) is 5.26 Å². The minimum absolute atomic E-state index is 0.558. The van der Waals surface area contributed by atoms with Crippen LogP contribution >= 0.6 is 0 Å². The number of aromatic nitrogens is 2. The first kappa shape index (κ1) is 18.2. The van der Waals surface area contributed by atoms with Gasteiger partial charge in [0.25, 0.3) is 0 Å². The van der Waals surface area contributed by atoms with Gasteiger partial charge in [0, 0.05) is 30.0 Å². The van der Waals surface area contributed by atoms with E-state index in [1.54, 1.807) is 6.07 Å². The zero-order chi connectivity index (χ0) is 18.4. The van der Waals surface area contributed by atoms with E-state index in [0.717, 1.165) is 43.0 Å². The standard InChI is InChI=1S/C21H27N5/c1-3-8-17-14-20(26-12-6-5-11-19(26)4-2)25-21(23-17)24-18-10-7-9-16(13-18)15-22/h7,9-10,13-14,19H,3-6,8,11-12H2,1-2H3,(H,23,24,25). The Labute approximate surface area is 156 Å². The molecule has 1 aliphatic heterocycles. The highest BCUT2D eigenvalue weighted by atomic mass is 15.2. The fourth-order valence-electron chi connectivity index (χ4n) is 3.59. The number of anilines is 3. The van der Waals surface area contributed by atoms with Crippen molar-refractivity contribution in [2.45, 2.75) is 58.4 Å². The highest BCUT2D eigenvalue weighted by Gasteiger charge is 2.23. The summed E-state index contributed by atoms with van der Waals surface area (Å²) >= 11 is 0. The molecule has 1 unspecified atom stereocenters. The van der Waals surface area contributed by atoms with Gasteiger partial charge in [-0.1, -0.05) is 26.3 Å². The molecular weight excluding hydrogens is 322 g/mol. The monoisotopic (exact) mass is 349 g/mol. The zero-order valence-electron chi connectivity index (χ0n) is 15.7. The predicted molar refractivity (Wildman–Crippen MR) is 106 cm³/mol. The molecule has 3 rings (SSSR count). The van der Waals surface area contributed by atoms with Crippen LogP contribution in [0.3, 0.4) is 0 Å². The lowest BCUT2D eigenvalue weighted by molar-refractivity contribution is 0.446. The summed E-state index contributed by atoms with van der Waals surface area (Å²) in [5.41, 5.74) is 2.54. The lowest BCUT2D eigenvalue weighted by atomic mass is 10.00. The average molecular weight is 349 g/mol. The van der Waals surface area contributed by atoms with Crippen molar-refractivity contribution >= 4 is 17.5 Å². The predicted octanol–water partition coefficient (Wildman–Crippen LogP) is 4.81. The number of nitriles is 1. The van der Waals surface area contributed by atoms with Crippen LogP contribution in [0.1, 0.15) is 57.2 Å². The fraction of sp³-hybridized carbons (Fsp3) is 0.476. The molecule has 5 heteroatoms. The normalized spacial score (nSPS) is 17.0. The Bertz CT molecular complexity index is 780. The summed E-state index contributed by atoms with van der Waals surface area (Å²) in [6, 6.07) is 12.3. The molecule has 5 nitrogen and oxygen atoms in total. The van der Waals surface area contributed by atoms with Gasteiger partial charge in [-0.3, -0.25) is 0 Å². The van der Waals surface area contributed by atoms with Crippen molar-refractivity contribution in [3.8, 4) is 6.07 Å². The molecule has 0 spiro atoms. The third-order valence-corrected chi connectivity index (χ3v) is 4.91. The summed E-state index contributed by atoms with van der Waals surface area (Å²) in [5, 5.41) is 12.4. The topological polar surface area (TPSA) is 64.8 Å². The second kappa shape index (κ2) is 8.66. The quantitative estimate of drug-likeness (QED) is 0.810. The lowest BCUT2D eigenvalue weighted by Crippen LogP contribution is -2.39. The van der Waals surface area contributed by atoms with Crippen LogP contribution in [0.5, 0.6) is 0 Å². The van der Waals surface area contributed by atoms with E-state index in [9.17, 15) is 0 Å². The maximum Gasteiger partial charge on any atom is 0.229 e. The van der Waals surface area contributed by atoms with Crippen molar-refractivity contribution in [3.05, 3.63) is 41.6 Å². The van der Waals surface area contributed by atoms with Gasteiger partial charge >= 0.3 is 0 Å². The summed E-state index contributed by atoms with van der Waals surface area (Å²) in [5.74, 6) is 1.63. The van der Waals surface area contributed by atoms with Crippen LogP contribution in [0.25, 0.3) is 0 Å². The number of hydrogen-bond donors (Lipinski definition) is 1. The molecule has 2 aromatic rings. The number of nitrogens with zero attached hydrogens (tertiary/aromatic N) is 4. The lowest BCUT2D eigenvalue weighted by Gasteiger charge is -2.36. The summed E-state index contributed by atoms with van der Waals surface area (Å²) in [6.07, 6.45) is 6.88. The van der Waals surface area contributed by atoms with Crippen molar-refractivity contribution in [1.82, 2.24) is 9.97 Å². The van der Waals surface area contributed by atoms with Gasteiger partial charge < -0.3 is 10.2 Å². The minimum Gasteiger partial charge on any atom is -0.353 e. The number of piperidine rings is 1. The maximum absolute atomic E-state index is 9.10. The summed E-state index contributed by atoms with van der Waals surface area (Å²) in [7, 11) is 0. The molecule has 1 saturated heterocycles. The van der Waals surface area contributed by atoms with Crippen LogP contribution in [-0.4, -0.2) is 22.6 Å². The van der Waals surface area contributed by atoms with E-state index in [-0.39, 0.29) is 0 Å². The molecule has 0 aliphatic carbocycles. The van der Waals surface area contributed by atoms with Crippen LogP contribution in [0.15, 0.2) is 30.3 Å². The molecule has 2 heterocycles. The molecule has 1 aromatic carbocycles. The molecule has 0 radical (unpaired) electrons. The Hall–Kier alpha value is -2.61. The van der Waals surface area contributed by atoms with Crippen LogP contribution in [-0.2, 0) is 6.42 Å². The van der Waals surface area contributed by atoms with E-state index < -0.39 is 0 Å². The molecule has 1 fully saturated rings. The van der Waals surface area contributed by atoms with Gasteiger partial charge in [-0.2, -0.15) is 10.2 Å². The number of nitrogens with one attached hydrogen (secondary N) is 1. The molecule has 1 N–H and O–H groups in total. The van der Waals surface area contributed by atoms with Crippen molar-refractivity contribution < 1.29 is 0 Å². The smallest absolute Gasteiger partial charge is 0.229 e. The van der Waals surface area contributed by atoms with Crippen molar-refractivity contribution in [2.24, 2.45) is 0 Å². The van der Waals surface area contributed by atoms with Crippen molar-refractivity contribution in [2.75, 3.05) is 16.8 Å². The highest BCUT2D eigenvalue weighted by molar-refractivity contribution is 5.58. The number of aryl methyl sites for hydroxylation is 1. The van der Waals surface area contributed by atoms with Gasteiger partial charge in [-0.25, -0.2) is 4.98 Å². The summed E-state index contributed by atoms with van der Waals surface area (Å²) < 4.78 is 0. The summed E-state index contributed by atoms with van der Waals surface area (Å²) in [4.78, 5) is 11.9. The molecular formula is C21H27N5. The first-order valence-electron chi connectivity index (χ1n) is 9.65. The van der Waals surface area contributed by atoms with E-state index in [2.05, 4.69) is 41.2 Å². The van der Waals surface area contributed by atoms with Crippen LogP contribution in [0.2, 0.25) is 0 Å². The van der Waals surface area contributed by atoms with Gasteiger partial charge in [0.1, 0.15) is 5.82 Å². The SMILES string of the molecule is CCCc1cc(N2CCCCC2CC)nc(Nc2cccc(C#N)c2)n1. The Morgan fingerprint density at radius 2 is 2.12 bits per heavy atom. The molecule has 136 valence electrons. The average Bonchev–Trinajstić information content (AvgIpc) is 2.68. The Morgan fingerprint density at radius 1 is 1.23 bits per heavy atom. The Balaban J connectivity index is 1.91. The molecule has 0 amide bonds. The van der Waals surface area contributed by atoms with Crippen LogP contribution in [0.4, 0.5) is 17.5 Å². The van der Waals surface area contributed by atoms with Gasteiger partial charge in [-0.15, -0.1) is 0 Å². The highest BCUT2D eigenvalue weighted by Crippen LogP contribution is 2.27. The van der Waals surface area contributed by atoms with E-state index in [1.165, 1.54) is 19.3 Å².